The van der Waals surface area contributed by atoms with E-state index in [-0.39, 0.29) is 31.0 Å². The van der Waals surface area contributed by atoms with Crippen LogP contribution in [0.5, 0.6) is 0 Å². The maximum absolute atomic E-state index is 10.7. The summed E-state index contributed by atoms with van der Waals surface area (Å²) in [5.41, 5.74) is 3.19. The molecule has 0 aliphatic rings. The molecule has 152 valence electrons. The summed E-state index contributed by atoms with van der Waals surface area (Å²) >= 11 is 1.30. The second kappa shape index (κ2) is 13.9. The molecule has 1 aromatic carbocycles. The van der Waals surface area contributed by atoms with E-state index in [2.05, 4.69) is 48.0 Å². The van der Waals surface area contributed by atoms with Crippen molar-refractivity contribution < 1.29 is 50.0 Å². The first-order valence-corrected chi connectivity index (χ1v) is 10.5. The average Bonchev–Trinajstić information content (AvgIpc) is 3.05. The molecular formula is C22H28NNaO4S. The zero-order valence-corrected chi connectivity index (χ0v) is 20.5. The average molecular weight is 426 g/mol. The number of oxazole rings is 1. The van der Waals surface area contributed by atoms with Crippen LogP contribution in [0.3, 0.4) is 0 Å². The predicted octanol–water partition coefficient (Wildman–Crippen LogP) is 1.49. The number of thioether (sulfide) groups is 1. The van der Waals surface area contributed by atoms with Crippen LogP contribution in [-0.2, 0) is 22.4 Å². The fourth-order valence-electron chi connectivity index (χ4n) is 2.52. The molecule has 0 aliphatic heterocycles. The van der Waals surface area contributed by atoms with E-state index in [9.17, 15) is 4.79 Å². The van der Waals surface area contributed by atoms with Gasteiger partial charge in [-0.3, -0.25) is 4.79 Å². The predicted molar refractivity (Wildman–Crippen MR) is 114 cm³/mol. The largest absolute Gasteiger partial charge is 1.00 e. The number of nitrogens with zero attached hydrogens (tertiary/aromatic N) is 1. The number of aromatic nitrogens is 1. The van der Waals surface area contributed by atoms with E-state index in [1.54, 1.807) is 6.92 Å². The van der Waals surface area contributed by atoms with Crippen LogP contribution in [0.15, 0.2) is 28.7 Å². The van der Waals surface area contributed by atoms with Gasteiger partial charge in [-0.25, -0.2) is 4.98 Å². The number of benzene rings is 1. The molecule has 0 unspecified atom stereocenters. The van der Waals surface area contributed by atoms with Crippen molar-refractivity contribution in [3.05, 3.63) is 41.3 Å². The Morgan fingerprint density at radius 1 is 1.31 bits per heavy atom. The number of rotatable bonds is 10. The maximum Gasteiger partial charge on any atom is 1.00 e. The van der Waals surface area contributed by atoms with Gasteiger partial charge in [-0.2, -0.15) is 0 Å². The fourth-order valence-corrected chi connectivity index (χ4v) is 3.10. The first-order valence-electron chi connectivity index (χ1n) is 9.44. The molecule has 5 nitrogen and oxygen atoms in total. The Morgan fingerprint density at radius 3 is 2.69 bits per heavy atom. The van der Waals surface area contributed by atoms with Crippen LogP contribution >= 0.6 is 11.8 Å². The molecule has 0 fully saturated rings. The van der Waals surface area contributed by atoms with Crippen molar-refractivity contribution in [3.8, 4) is 23.3 Å². The molecule has 0 bridgehead atoms. The Bertz CT molecular complexity index is 830. The summed E-state index contributed by atoms with van der Waals surface area (Å²) in [6.07, 6.45) is 2.87. The third-order valence-corrected chi connectivity index (χ3v) is 5.18. The number of carboxylic acids is 1. The van der Waals surface area contributed by atoms with Gasteiger partial charge in [0.2, 0.25) is 5.89 Å². The zero-order chi connectivity index (χ0) is 20.4. The second-order valence-corrected chi connectivity index (χ2v) is 7.75. The van der Waals surface area contributed by atoms with Gasteiger partial charge in [0.25, 0.3) is 0 Å². The molecule has 0 amide bonds. The summed E-state index contributed by atoms with van der Waals surface area (Å²) in [5, 5.41) is 8.34. The molecular weight excluding hydrogens is 397 g/mol. The minimum Gasteiger partial charge on any atom is -1.00 e. The molecule has 7 heteroatoms. The van der Waals surface area contributed by atoms with E-state index in [1.807, 2.05) is 6.92 Å². The van der Waals surface area contributed by atoms with Gasteiger partial charge in [0, 0.05) is 12.0 Å². The number of aryl methyl sites for hydroxylation is 2. The van der Waals surface area contributed by atoms with E-state index >= 15 is 0 Å². The van der Waals surface area contributed by atoms with Crippen LogP contribution in [-0.4, -0.2) is 40.3 Å². The second-order valence-electron chi connectivity index (χ2n) is 6.42. The van der Waals surface area contributed by atoms with Crippen molar-refractivity contribution in [1.29, 1.82) is 0 Å². The molecule has 29 heavy (non-hydrogen) atoms. The van der Waals surface area contributed by atoms with Crippen LogP contribution in [0.4, 0.5) is 0 Å². The van der Waals surface area contributed by atoms with E-state index < -0.39 is 11.2 Å². The number of carbonyl (C=O) groups is 1. The summed E-state index contributed by atoms with van der Waals surface area (Å²) in [4.78, 5) is 15.3. The molecule has 0 saturated heterocycles. The number of aliphatic carboxylic acids is 1. The SMILES string of the molecule is CCCc1ccc(-c2nc(CCOCC#CCS[C@@H](C)C(=O)O)c(C)o2)cc1.[H-].[Na+]. The van der Waals surface area contributed by atoms with Gasteiger partial charge in [0.05, 0.1) is 18.1 Å². The van der Waals surface area contributed by atoms with Gasteiger partial charge in [-0.15, -0.1) is 11.8 Å². The summed E-state index contributed by atoms with van der Waals surface area (Å²) < 4.78 is 11.3. The van der Waals surface area contributed by atoms with Gasteiger partial charge in [0.1, 0.15) is 17.6 Å². The van der Waals surface area contributed by atoms with Gasteiger partial charge >= 0.3 is 35.5 Å². The van der Waals surface area contributed by atoms with Crippen LogP contribution in [0.1, 0.15) is 38.7 Å². The number of hydrogen-bond donors (Lipinski definition) is 1. The summed E-state index contributed by atoms with van der Waals surface area (Å²) in [5.74, 6) is 6.92. The van der Waals surface area contributed by atoms with Gasteiger partial charge in [-0.1, -0.05) is 37.3 Å². The van der Waals surface area contributed by atoms with Crippen molar-refractivity contribution in [2.45, 2.75) is 45.3 Å². The molecule has 2 aromatic rings. The quantitative estimate of drug-likeness (QED) is 0.353. The van der Waals surface area contributed by atoms with Gasteiger partial charge < -0.3 is 15.7 Å². The van der Waals surface area contributed by atoms with Gasteiger partial charge in [0.15, 0.2) is 0 Å². The Hall–Kier alpha value is -1.23. The van der Waals surface area contributed by atoms with Crippen molar-refractivity contribution >= 4 is 17.7 Å². The fraction of sp³-hybridized carbons (Fsp3) is 0.455. The summed E-state index contributed by atoms with van der Waals surface area (Å²) in [6, 6.07) is 8.34. The standard InChI is InChI=1S/C22H27NO4S.Na.H/c1-4-7-18-8-10-19(11-9-18)21-23-20(16(2)27-21)12-14-26-13-5-6-15-28-17(3)22(24)25;;/h8-11,17H,4,7,12-15H2,1-3H3,(H,24,25);;/q;+1;-1/t17-;;/m0../s1. The van der Waals surface area contributed by atoms with Crippen LogP contribution in [0.25, 0.3) is 11.5 Å². The Labute approximate surface area is 200 Å². The van der Waals surface area contributed by atoms with Gasteiger partial charge in [-0.05, 0) is 38.0 Å². The monoisotopic (exact) mass is 425 g/mol. The Balaban J connectivity index is 0.00000420. The molecule has 1 N–H and O–H groups in total. The van der Waals surface area contributed by atoms with E-state index in [0.717, 1.165) is 29.9 Å². The molecule has 1 heterocycles. The van der Waals surface area contributed by atoms with E-state index in [1.165, 1.54) is 17.3 Å². The first kappa shape index (κ1) is 25.8. The first-order chi connectivity index (χ1) is 13.5. The van der Waals surface area contributed by atoms with E-state index in [0.29, 0.717) is 31.3 Å². The van der Waals surface area contributed by atoms with E-state index in [4.69, 9.17) is 14.3 Å². The number of ether oxygens (including phenoxy) is 1. The topological polar surface area (TPSA) is 72.6 Å². The van der Waals surface area contributed by atoms with Crippen LogP contribution < -0.4 is 29.6 Å². The molecule has 0 spiro atoms. The van der Waals surface area contributed by atoms with Crippen LogP contribution in [0.2, 0.25) is 0 Å². The third kappa shape index (κ3) is 8.98. The maximum atomic E-state index is 10.7. The molecule has 0 saturated carbocycles. The number of hydrogen-bond acceptors (Lipinski definition) is 5. The van der Waals surface area contributed by atoms with Crippen molar-refractivity contribution in [3.63, 3.8) is 0 Å². The van der Waals surface area contributed by atoms with Crippen molar-refractivity contribution in [2.75, 3.05) is 19.0 Å². The summed E-state index contributed by atoms with van der Waals surface area (Å²) in [7, 11) is 0. The minimum absolute atomic E-state index is 0. The molecule has 1 atom stereocenters. The molecule has 1 aromatic heterocycles. The minimum atomic E-state index is -0.817. The summed E-state index contributed by atoms with van der Waals surface area (Å²) in [6.45, 7) is 6.57. The number of carboxylic acid groups (broad SMARTS) is 1. The van der Waals surface area contributed by atoms with Crippen molar-refractivity contribution in [1.82, 2.24) is 4.98 Å². The molecule has 2 rings (SSSR count). The molecule has 0 aliphatic carbocycles. The Morgan fingerprint density at radius 2 is 2.03 bits per heavy atom. The Kier molecular flexibility index (Phi) is 12.4. The van der Waals surface area contributed by atoms with Crippen molar-refractivity contribution in [2.24, 2.45) is 0 Å². The smallest absolute Gasteiger partial charge is 1.00 e. The van der Waals surface area contributed by atoms with Crippen LogP contribution in [0, 0.1) is 18.8 Å². The third-order valence-electron chi connectivity index (χ3n) is 4.17. The zero-order valence-electron chi connectivity index (χ0n) is 18.7. The normalized spacial score (nSPS) is 11.3. The molecule has 0 radical (unpaired) electrons.